The zero-order valence-electron chi connectivity index (χ0n) is 11.7. The van der Waals surface area contributed by atoms with Crippen LogP contribution in [0.5, 0.6) is 0 Å². The molecular weight excluding hydrogens is 262 g/mol. The van der Waals surface area contributed by atoms with E-state index in [9.17, 15) is 5.11 Å². The van der Waals surface area contributed by atoms with E-state index < -0.39 is 5.60 Å². The molecule has 3 N–H and O–H groups in total. The predicted octanol–water partition coefficient (Wildman–Crippen LogP) is 2.20. The number of hydrogen-bond donors (Lipinski definition) is 2. The maximum atomic E-state index is 10.5. The molecule has 0 fully saturated rings. The van der Waals surface area contributed by atoms with E-state index in [0.717, 1.165) is 13.1 Å². The molecule has 5 heteroatoms. The summed E-state index contributed by atoms with van der Waals surface area (Å²) in [4.78, 5) is 6.20. The highest BCUT2D eigenvalue weighted by atomic mass is 35.5. The first-order valence-corrected chi connectivity index (χ1v) is 6.82. The van der Waals surface area contributed by atoms with E-state index in [1.54, 1.807) is 19.1 Å². The Hall–Kier alpha value is -1.26. The number of nitrogens with two attached hydrogens (primary N) is 1. The van der Waals surface area contributed by atoms with Gasteiger partial charge in [-0.2, -0.15) is 0 Å². The molecule has 4 nitrogen and oxygen atoms in total. The van der Waals surface area contributed by atoms with Gasteiger partial charge >= 0.3 is 0 Å². The Morgan fingerprint density at radius 2 is 1.95 bits per heavy atom. The lowest BCUT2D eigenvalue weighted by Gasteiger charge is -2.25. The van der Waals surface area contributed by atoms with Crippen molar-refractivity contribution in [1.29, 1.82) is 0 Å². The van der Waals surface area contributed by atoms with Crippen LogP contribution in [0, 0.1) is 0 Å². The van der Waals surface area contributed by atoms with Gasteiger partial charge < -0.3 is 15.7 Å². The van der Waals surface area contributed by atoms with Gasteiger partial charge in [-0.15, -0.1) is 0 Å². The van der Waals surface area contributed by atoms with Gasteiger partial charge in [0.05, 0.1) is 6.54 Å². The van der Waals surface area contributed by atoms with Gasteiger partial charge in [-0.25, -0.2) is 4.99 Å². The standard InChI is InChI=1S/C14H22ClN3O/c1-4-18(5-2)13(16)17-10-14(3,19)11-8-6-7-9-12(11)15/h6-9,19H,4-5,10H2,1-3H3,(H2,16,17). The Balaban J connectivity index is 2.86. The van der Waals surface area contributed by atoms with Crippen LogP contribution in [0.2, 0.25) is 5.02 Å². The Kier molecular flexibility index (Phi) is 5.63. The number of aliphatic hydroxyl groups is 1. The smallest absolute Gasteiger partial charge is 0.191 e. The second-order valence-electron chi connectivity index (χ2n) is 4.60. The molecule has 1 aromatic rings. The van der Waals surface area contributed by atoms with Gasteiger partial charge in [0, 0.05) is 23.7 Å². The van der Waals surface area contributed by atoms with Crippen molar-refractivity contribution in [2.24, 2.45) is 10.7 Å². The maximum Gasteiger partial charge on any atom is 0.191 e. The van der Waals surface area contributed by atoms with Gasteiger partial charge in [-0.05, 0) is 26.8 Å². The third-order valence-electron chi connectivity index (χ3n) is 3.09. The van der Waals surface area contributed by atoms with E-state index >= 15 is 0 Å². The quantitative estimate of drug-likeness (QED) is 0.643. The van der Waals surface area contributed by atoms with Gasteiger partial charge in [0.2, 0.25) is 0 Å². The number of nitrogens with zero attached hydrogens (tertiary/aromatic N) is 2. The molecule has 1 rings (SSSR count). The van der Waals surface area contributed by atoms with Gasteiger partial charge in [-0.1, -0.05) is 29.8 Å². The van der Waals surface area contributed by atoms with E-state index in [0.29, 0.717) is 16.5 Å². The van der Waals surface area contributed by atoms with Crippen molar-refractivity contribution in [3.63, 3.8) is 0 Å². The van der Waals surface area contributed by atoms with Gasteiger partial charge in [0.25, 0.3) is 0 Å². The second-order valence-corrected chi connectivity index (χ2v) is 5.01. The first-order valence-electron chi connectivity index (χ1n) is 6.44. The summed E-state index contributed by atoms with van der Waals surface area (Å²) in [5, 5.41) is 11.0. The third-order valence-corrected chi connectivity index (χ3v) is 3.42. The molecule has 106 valence electrons. The first kappa shape index (κ1) is 15.8. The van der Waals surface area contributed by atoms with E-state index in [2.05, 4.69) is 4.99 Å². The van der Waals surface area contributed by atoms with Crippen molar-refractivity contribution in [3.8, 4) is 0 Å². The second kappa shape index (κ2) is 6.78. The molecule has 0 amide bonds. The number of halogens is 1. The van der Waals surface area contributed by atoms with Crippen molar-refractivity contribution in [2.75, 3.05) is 19.6 Å². The molecule has 1 atom stereocenters. The Bertz CT molecular complexity index is 442. The molecule has 0 aliphatic carbocycles. The molecule has 0 aliphatic rings. The summed E-state index contributed by atoms with van der Waals surface area (Å²) in [5.74, 6) is 0.442. The minimum atomic E-state index is -1.13. The van der Waals surface area contributed by atoms with Crippen molar-refractivity contribution >= 4 is 17.6 Å². The van der Waals surface area contributed by atoms with Crippen LogP contribution in [0.4, 0.5) is 0 Å². The third kappa shape index (κ3) is 4.11. The average Bonchev–Trinajstić information content (AvgIpc) is 2.38. The summed E-state index contributed by atoms with van der Waals surface area (Å²) in [7, 11) is 0. The van der Waals surface area contributed by atoms with Crippen LogP contribution in [0.3, 0.4) is 0 Å². The van der Waals surface area contributed by atoms with Crippen LogP contribution in [-0.2, 0) is 5.60 Å². The van der Waals surface area contributed by atoms with Crippen LogP contribution in [-0.4, -0.2) is 35.6 Å². The maximum absolute atomic E-state index is 10.5. The summed E-state index contributed by atoms with van der Waals surface area (Å²) in [6, 6.07) is 7.22. The van der Waals surface area contributed by atoms with E-state index in [-0.39, 0.29) is 6.54 Å². The lowest BCUT2D eigenvalue weighted by molar-refractivity contribution is 0.0672. The molecule has 0 aromatic heterocycles. The summed E-state index contributed by atoms with van der Waals surface area (Å²) < 4.78 is 0. The number of hydrogen-bond acceptors (Lipinski definition) is 2. The van der Waals surface area contributed by atoms with Crippen LogP contribution in [0.25, 0.3) is 0 Å². The summed E-state index contributed by atoms with van der Waals surface area (Å²) in [5.41, 5.74) is 5.43. The van der Waals surface area contributed by atoms with Crippen molar-refractivity contribution in [2.45, 2.75) is 26.4 Å². The lowest BCUT2D eigenvalue weighted by atomic mass is 9.96. The average molecular weight is 284 g/mol. The van der Waals surface area contributed by atoms with E-state index in [4.69, 9.17) is 17.3 Å². The highest BCUT2D eigenvalue weighted by molar-refractivity contribution is 6.31. The SMILES string of the molecule is CCN(CC)C(N)=NCC(C)(O)c1ccccc1Cl. The van der Waals surface area contributed by atoms with Crippen LogP contribution in [0.1, 0.15) is 26.3 Å². The van der Waals surface area contributed by atoms with Crippen LogP contribution >= 0.6 is 11.6 Å². The first-order chi connectivity index (χ1) is 8.92. The fourth-order valence-corrected chi connectivity index (χ4v) is 2.21. The van der Waals surface area contributed by atoms with Crippen LogP contribution in [0.15, 0.2) is 29.3 Å². The molecule has 0 heterocycles. The largest absolute Gasteiger partial charge is 0.383 e. The van der Waals surface area contributed by atoms with Gasteiger partial charge in [0.15, 0.2) is 5.96 Å². The zero-order valence-corrected chi connectivity index (χ0v) is 12.5. The fraction of sp³-hybridized carbons (Fsp3) is 0.500. The van der Waals surface area contributed by atoms with Crippen LogP contribution < -0.4 is 5.73 Å². The predicted molar refractivity (Wildman–Crippen MR) is 80.4 cm³/mol. The number of aliphatic imine (C=N–C) groups is 1. The molecular formula is C14H22ClN3O. The molecule has 1 unspecified atom stereocenters. The summed E-state index contributed by atoms with van der Waals surface area (Å²) in [6.07, 6.45) is 0. The van der Waals surface area contributed by atoms with Crippen molar-refractivity contribution in [3.05, 3.63) is 34.9 Å². The molecule has 0 bridgehead atoms. The molecule has 0 saturated carbocycles. The summed E-state index contributed by atoms with van der Waals surface area (Å²) >= 11 is 6.09. The molecule has 0 spiro atoms. The Morgan fingerprint density at radius 1 is 1.37 bits per heavy atom. The number of guanidine groups is 1. The Labute approximate surface area is 119 Å². The summed E-state index contributed by atoms with van der Waals surface area (Å²) in [6.45, 7) is 7.47. The number of benzene rings is 1. The minimum absolute atomic E-state index is 0.180. The Morgan fingerprint density at radius 3 is 2.47 bits per heavy atom. The topological polar surface area (TPSA) is 61.8 Å². The van der Waals surface area contributed by atoms with Crippen molar-refractivity contribution < 1.29 is 5.11 Å². The molecule has 1 aromatic carbocycles. The molecule has 19 heavy (non-hydrogen) atoms. The molecule has 0 saturated heterocycles. The minimum Gasteiger partial charge on any atom is -0.383 e. The van der Waals surface area contributed by atoms with Gasteiger partial charge in [-0.3, -0.25) is 0 Å². The highest BCUT2D eigenvalue weighted by Gasteiger charge is 2.25. The fourth-order valence-electron chi connectivity index (χ4n) is 1.87. The van der Waals surface area contributed by atoms with E-state index in [1.807, 2.05) is 30.9 Å². The highest BCUT2D eigenvalue weighted by Crippen LogP contribution is 2.27. The normalized spacial score (nSPS) is 15.1. The molecule has 0 radical (unpaired) electrons. The molecule has 0 aliphatic heterocycles. The van der Waals surface area contributed by atoms with Crippen molar-refractivity contribution in [1.82, 2.24) is 4.90 Å². The monoisotopic (exact) mass is 283 g/mol. The zero-order chi connectivity index (χ0) is 14.5. The van der Waals surface area contributed by atoms with E-state index in [1.165, 1.54) is 0 Å². The van der Waals surface area contributed by atoms with Gasteiger partial charge in [0.1, 0.15) is 5.60 Å². The number of rotatable bonds is 5. The lowest BCUT2D eigenvalue weighted by Crippen LogP contribution is -2.38.